The van der Waals surface area contributed by atoms with E-state index >= 15 is 0 Å². The van der Waals surface area contributed by atoms with Crippen molar-refractivity contribution in [3.05, 3.63) is 17.0 Å². The number of rotatable bonds is 2. The molecule has 3 heteroatoms. The Balaban J connectivity index is 2.24. The molecule has 0 amide bonds. The summed E-state index contributed by atoms with van der Waals surface area (Å²) < 4.78 is 2.28. The van der Waals surface area contributed by atoms with Crippen molar-refractivity contribution < 1.29 is 0 Å². The van der Waals surface area contributed by atoms with Gasteiger partial charge in [0.25, 0.3) is 0 Å². The standard InChI is InChI=1S/C13H23N3/c1-4-13-10(2)15-16(11(13)3)12-6-5-8-14-9-7-12/h12,14H,4-9H2,1-3H3. The quantitative estimate of drug-likeness (QED) is 0.831. The largest absolute Gasteiger partial charge is 0.317 e. The number of nitrogens with zero attached hydrogens (tertiary/aromatic N) is 2. The van der Waals surface area contributed by atoms with Crippen LogP contribution in [0.4, 0.5) is 0 Å². The maximum atomic E-state index is 4.74. The Bertz CT molecular complexity index is 346. The van der Waals surface area contributed by atoms with Gasteiger partial charge < -0.3 is 5.32 Å². The van der Waals surface area contributed by atoms with Crippen molar-refractivity contribution in [2.45, 2.75) is 52.5 Å². The van der Waals surface area contributed by atoms with Crippen molar-refractivity contribution in [3.8, 4) is 0 Å². The maximum Gasteiger partial charge on any atom is 0.0628 e. The minimum absolute atomic E-state index is 0.606. The lowest BCUT2D eigenvalue weighted by Gasteiger charge is -2.16. The van der Waals surface area contributed by atoms with Crippen molar-refractivity contribution in [3.63, 3.8) is 0 Å². The predicted molar refractivity (Wildman–Crippen MR) is 66.8 cm³/mol. The third kappa shape index (κ3) is 2.14. The number of hydrogen-bond donors (Lipinski definition) is 1. The molecule has 1 aliphatic rings. The summed E-state index contributed by atoms with van der Waals surface area (Å²) in [7, 11) is 0. The molecule has 0 aliphatic carbocycles. The van der Waals surface area contributed by atoms with E-state index in [4.69, 9.17) is 5.10 Å². The van der Waals surface area contributed by atoms with Crippen LogP contribution in [-0.2, 0) is 6.42 Å². The lowest BCUT2D eigenvalue weighted by Crippen LogP contribution is -2.16. The summed E-state index contributed by atoms with van der Waals surface area (Å²) in [6, 6.07) is 0.606. The molecule has 1 saturated heterocycles. The highest BCUT2D eigenvalue weighted by Gasteiger charge is 2.18. The summed E-state index contributed by atoms with van der Waals surface area (Å²) in [6.07, 6.45) is 4.84. The fourth-order valence-electron chi connectivity index (χ4n) is 2.81. The van der Waals surface area contributed by atoms with Gasteiger partial charge in [-0.25, -0.2) is 0 Å². The van der Waals surface area contributed by atoms with E-state index in [2.05, 4.69) is 30.8 Å². The molecule has 1 fully saturated rings. The molecule has 1 aliphatic heterocycles. The molecule has 1 atom stereocenters. The van der Waals surface area contributed by atoms with Crippen LogP contribution in [0, 0.1) is 13.8 Å². The van der Waals surface area contributed by atoms with Crippen molar-refractivity contribution in [2.24, 2.45) is 0 Å². The van der Waals surface area contributed by atoms with Crippen molar-refractivity contribution in [1.82, 2.24) is 15.1 Å². The Labute approximate surface area is 98.2 Å². The summed E-state index contributed by atoms with van der Waals surface area (Å²) in [5.41, 5.74) is 4.04. The Morgan fingerprint density at radius 2 is 2.12 bits per heavy atom. The summed E-state index contributed by atoms with van der Waals surface area (Å²) in [5, 5.41) is 8.20. The van der Waals surface area contributed by atoms with Gasteiger partial charge in [-0.2, -0.15) is 5.10 Å². The molecular weight excluding hydrogens is 198 g/mol. The van der Waals surface area contributed by atoms with Gasteiger partial charge >= 0.3 is 0 Å². The van der Waals surface area contributed by atoms with Gasteiger partial charge in [0.15, 0.2) is 0 Å². The first-order valence-electron chi connectivity index (χ1n) is 6.49. The van der Waals surface area contributed by atoms with Crippen LogP contribution < -0.4 is 5.32 Å². The minimum Gasteiger partial charge on any atom is -0.317 e. The lowest BCUT2D eigenvalue weighted by atomic mass is 10.1. The highest BCUT2D eigenvalue weighted by molar-refractivity contribution is 5.24. The van der Waals surface area contributed by atoms with Gasteiger partial charge in [0.1, 0.15) is 0 Å². The lowest BCUT2D eigenvalue weighted by molar-refractivity contribution is 0.404. The van der Waals surface area contributed by atoms with E-state index in [1.165, 1.54) is 36.2 Å². The summed E-state index contributed by atoms with van der Waals surface area (Å²) >= 11 is 0. The predicted octanol–water partition coefficient (Wildman–Crippen LogP) is 2.38. The van der Waals surface area contributed by atoms with E-state index in [1.807, 2.05) is 0 Å². The van der Waals surface area contributed by atoms with Gasteiger partial charge in [0, 0.05) is 5.69 Å². The van der Waals surface area contributed by atoms with E-state index < -0.39 is 0 Å². The van der Waals surface area contributed by atoms with Gasteiger partial charge in [-0.05, 0) is 58.2 Å². The average Bonchev–Trinajstić information content (AvgIpc) is 2.49. The fraction of sp³-hybridized carbons (Fsp3) is 0.769. The smallest absolute Gasteiger partial charge is 0.0628 e. The monoisotopic (exact) mass is 221 g/mol. The first-order valence-corrected chi connectivity index (χ1v) is 6.49. The zero-order valence-electron chi connectivity index (χ0n) is 10.7. The van der Waals surface area contributed by atoms with E-state index in [-0.39, 0.29) is 0 Å². The molecular formula is C13H23N3. The average molecular weight is 221 g/mol. The fourth-order valence-corrected chi connectivity index (χ4v) is 2.81. The Morgan fingerprint density at radius 3 is 2.81 bits per heavy atom. The van der Waals surface area contributed by atoms with Gasteiger partial charge in [-0.15, -0.1) is 0 Å². The molecule has 1 aromatic rings. The zero-order chi connectivity index (χ0) is 11.5. The van der Waals surface area contributed by atoms with Gasteiger partial charge in [-0.3, -0.25) is 4.68 Å². The van der Waals surface area contributed by atoms with Crippen LogP contribution in [0.25, 0.3) is 0 Å². The molecule has 0 aromatic carbocycles. The van der Waals surface area contributed by atoms with Crippen LogP contribution in [0.5, 0.6) is 0 Å². The topological polar surface area (TPSA) is 29.9 Å². The zero-order valence-corrected chi connectivity index (χ0v) is 10.7. The highest BCUT2D eigenvalue weighted by Crippen LogP contribution is 2.24. The molecule has 0 bridgehead atoms. The molecule has 1 aromatic heterocycles. The molecule has 1 unspecified atom stereocenters. The van der Waals surface area contributed by atoms with Crippen molar-refractivity contribution in [1.29, 1.82) is 0 Å². The molecule has 2 rings (SSSR count). The van der Waals surface area contributed by atoms with Gasteiger partial charge in [0.05, 0.1) is 11.7 Å². The molecule has 3 nitrogen and oxygen atoms in total. The molecule has 1 N–H and O–H groups in total. The Hall–Kier alpha value is -0.830. The Kier molecular flexibility index (Phi) is 3.64. The third-order valence-electron chi connectivity index (χ3n) is 3.72. The number of aryl methyl sites for hydroxylation is 1. The van der Waals surface area contributed by atoms with E-state index in [0.717, 1.165) is 19.5 Å². The molecule has 0 saturated carbocycles. The number of nitrogens with one attached hydrogen (secondary N) is 1. The molecule has 2 heterocycles. The van der Waals surface area contributed by atoms with Gasteiger partial charge in [-0.1, -0.05) is 6.92 Å². The second kappa shape index (κ2) is 5.00. The van der Waals surface area contributed by atoms with Crippen LogP contribution in [0.3, 0.4) is 0 Å². The first kappa shape index (κ1) is 11.6. The molecule has 16 heavy (non-hydrogen) atoms. The number of aromatic nitrogens is 2. The van der Waals surface area contributed by atoms with Crippen LogP contribution in [0.2, 0.25) is 0 Å². The molecule has 0 spiro atoms. The van der Waals surface area contributed by atoms with Crippen molar-refractivity contribution in [2.75, 3.05) is 13.1 Å². The van der Waals surface area contributed by atoms with E-state index in [0.29, 0.717) is 6.04 Å². The summed E-state index contributed by atoms with van der Waals surface area (Å²) in [4.78, 5) is 0. The summed E-state index contributed by atoms with van der Waals surface area (Å²) in [5.74, 6) is 0. The Morgan fingerprint density at radius 1 is 1.31 bits per heavy atom. The van der Waals surface area contributed by atoms with Crippen LogP contribution >= 0.6 is 0 Å². The van der Waals surface area contributed by atoms with E-state index in [9.17, 15) is 0 Å². The molecule has 0 radical (unpaired) electrons. The van der Waals surface area contributed by atoms with Crippen LogP contribution in [0.1, 0.15) is 49.2 Å². The minimum atomic E-state index is 0.606. The first-order chi connectivity index (χ1) is 7.74. The second-order valence-corrected chi connectivity index (χ2v) is 4.78. The number of hydrogen-bond acceptors (Lipinski definition) is 2. The van der Waals surface area contributed by atoms with E-state index in [1.54, 1.807) is 0 Å². The maximum absolute atomic E-state index is 4.74. The van der Waals surface area contributed by atoms with Gasteiger partial charge in [0.2, 0.25) is 0 Å². The van der Waals surface area contributed by atoms with Crippen LogP contribution in [-0.4, -0.2) is 22.9 Å². The SMILES string of the molecule is CCc1c(C)nn(C2CCCNCC2)c1C. The third-order valence-corrected chi connectivity index (χ3v) is 3.72. The normalized spacial score (nSPS) is 22.1. The van der Waals surface area contributed by atoms with Crippen LogP contribution in [0.15, 0.2) is 0 Å². The highest BCUT2D eigenvalue weighted by atomic mass is 15.3. The van der Waals surface area contributed by atoms with Crippen molar-refractivity contribution >= 4 is 0 Å². The second-order valence-electron chi connectivity index (χ2n) is 4.78. The summed E-state index contributed by atoms with van der Waals surface area (Å²) in [6.45, 7) is 8.87. The molecule has 90 valence electrons.